The highest BCUT2D eigenvalue weighted by atomic mass is 35.5. The largest absolute Gasteiger partial charge is 0.299 e. The molecule has 4 bridgehead atoms. The number of hydrogen-bond donors (Lipinski definition) is 0. The number of halogens is 6. The van der Waals surface area contributed by atoms with E-state index in [1.807, 2.05) is 0 Å². The fraction of sp³-hybridized carbons (Fsp3) is 0.769. The van der Waals surface area contributed by atoms with Crippen molar-refractivity contribution < 1.29 is 4.79 Å². The van der Waals surface area contributed by atoms with Gasteiger partial charge in [0, 0.05) is 18.3 Å². The van der Waals surface area contributed by atoms with E-state index in [0.717, 1.165) is 12.8 Å². The van der Waals surface area contributed by atoms with E-state index in [-0.39, 0.29) is 39.5 Å². The summed E-state index contributed by atoms with van der Waals surface area (Å²) in [7, 11) is 0. The third-order valence-electron chi connectivity index (χ3n) is 5.72. The molecule has 0 aliphatic heterocycles. The molecule has 0 unspecified atom stereocenters. The Morgan fingerprint density at radius 3 is 2.00 bits per heavy atom. The Morgan fingerprint density at radius 1 is 0.900 bits per heavy atom. The maximum atomic E-state index is 12.2. The molecule has 6 atom stereocenters. The SMILES string of the molecule is O=C1C[C@H]2CC[C@@H]1[C@@H]1[C@H]2[C@]2(Cl)C(Cl)=C(Cl)[C@@]1(Cl)C2(Cl)Cl. The van der Waals surface area contributed by atoms with Crippen molar-refractivity contribution >= 4 is 75.4 Å². The lowest BCUT2D eigenvalue weighted by atomic mass is 9.55. The first-order valence-electron chi connectivity index (χ1n) is 6.53. The van der Waals surface area contributed by atoms with Crippen LogP contribution < -0.4 is 0 Å². The number of allylic oxidation sites excluding steroid dienone is 2. The molecular formula is C13H10Cl6O. The highest BCUT2D eigenvalue weighted by molar-refractivity contribution is 6.65. The van der Waals surface area contributed by atoms with Gasteiger partial charge in [-0.3, -0.25) is 4.79 Å². The van der Waals surface area contributed by atoms with E-state index in [1.165, 1.54) is 0 Å². The summed E-state index contributed by atoms with van der Waals surface area (Å²) in [5.74, 6) is -0.139. The van der Waals surface area contributed by atoms with Gasteiger partial charge in [-0.05, 0) is 24.7 Å². The molecule has 0 aromatic rings. The predicted molar refractivity (Wildman–Crippen MR) is 83.2 cm³/mol. The first kappa shape index (κ1) is 14.7. The summed E-state index contributed by atoms with van der Waals surface area (Å²) >= 11 is 39.4. The normalized spacial score (nSPS) is 55.6. The van der Waals surface area contributed by atoms with Gasteiger partial charge in [0.2, 0.25) is 0 Å². The van der Waals surface area contributed by atoms with Crippen molar-refractivity contribution in [3.8, 4) is 0 Å². The van der Waals surface area contributed by atoms with Crippen LogP contribution in [0.4, 0.5) is 0 Å². The predicted octanol–water partition coefficient (Wildman–Crippen LogP) is 5.06. The molecule has 0 aromatic heterocycles. The number of Topliss-reactive ketones (excluding diaryl/α,β-unsaturated/α-hetero) is 1. The first-order chi connectivity index (χ1) is 9.19. The highest BCUT2D eigenvalue weighted by Gasteiger charge is 2.85. The third-order valence-corrected chi connectivity index (χ3v) is 10.0. The maximum absolute atomic E-state index is 12.2. The van der Waals surface area contributed by atoms with Gasteiger partial charge < -0.3 is 0 Å². The molecule has 0 amide bonds. The zero-order valence-corrected chi connectivity index (χ0v) is 14.6. The summed E-state index contributed by atoms with van der Waals surface area (Å²) in [4.78, 5) is 9.79. The van der Waals surface area contributed by atoms with Crippen molar-refractivity contribution in [2.24, 2.45) is 23.7 Å². The lowest BCUT2D eigenvalue weighted by molar-refractivity contribution is -0.136. The number of alkyl halides is 4. The number of rotatable bonds is 0. The molecule has 5 aliphatic carbocycles. The Kier molecular flexibility index (Phi) is 2.92. The van der Waals surface area contributed by atoms with Crippen LogP contribution in [0.5, 0.6) is 0 Å². The van der Waals surface area contributed by atoms with Crippen molar-refractivity contribution in [1.29, 1.82) is 0 Å². The van der Waals surface area contributed by atoms with Gasteiger partial charge in [0.25, 0.3) is 0 Å². The summed E-state index contributed by atoms with van der Waals surface area (Å²) in [5.41, 5.74) is 0. The monoisotopic (exact) mass is 392 g/mol. The Balaban J connectivity index is 2.01. The molecule has 20 heavy (non-hydrogen) atoms. The molecule has 0 radical (unpaired) electrons. The number of carbonyl (C=O) groups excluding carboxylic acids is 1. The van der Waals surface area contributed by atoms with Crippen LogP contribution >= 0.6 is 69.6 Å². The molecule has 4 saturated carbocycles. The Bertz CT molecular complexity index is 571. The number of carbonyl (C=O) groups is 1. The molecule has 0 aromatic carbocycles. The summed E-state index contributed by atoms with van der Waals surface area (Å²) in [5, 5.41) is 0.463. The van der Waals surface area contributed by atoms with E-state index in [2.05, 4.69) is 0 Å². The fourth-order valence-electron chi connectivity index (χ4n) is 4.96. The molecule has 0 saturated heterocycles. The summed E-state index contributed by atoms with van der Waals surface area (Å²) < 4.78 is -1.50. The zero-order chi connectivity index (χ0) is 14.7. The Labute approximate surface area is 146 Å². The van der Waals surface area contributed by atoms with Crippen molar-refractivity contribution in [2.45, 2.75) is 33.3 Å². The van der Waals surface area contributed by atoms with Crippen LogP contribution in [-0.4, -0.2) is 19.9 Å². The summed E-state index contributed by atoms with van der Waals surface area (Å²) in [6, 6.07) is 0. The van der Waals surface area contributed by atoms with Gasteiger partial charge in [-0.2, -0.15) is 0 Å². The van der Waals surface area contributed by atoms with E-state index in [1.54, 1.807) is 0 Å². The Morgan fingerprint density at radius 2 is 1.45 bits per heavy atom. The van der Waals surface area contributed by atoms with Gasteiger partial charge in [-0.15, -0.1) is 23.2 Å². The number of ketones is 1. The van der Waals surface area contributed by atoms with Gasteiger partial charge in [-0.25, -0.2) is 0 Å². The molecule has 0 heterocycles. The lowest BCUT2D eigenvalue weighted by Crippen LogP contribution is -2.54. The second kappa shape index (κ2) is 3.97. The first-order valence-corrected chi connectivity index (χ1v) is 8.80. The minimum absolute atomic E-state index is 0.0943. The van der Waals surface area contributed by atoms with Crippen LogP contribution in [0.2, 0.25) is 0 Å². The number of fused-ring (bicyclic) bond motifs is 4. The minimum Gasteiger partial charge on any atom is -0.299 e. The van der Waals surface area contributed by atoms with Crippen LogP contribution in [0.25, 0.3) is 0 Å². The second-order valence-corrected chi connectivity index (χ2v) is 9.57. The van der Waals surface area contributed by atoms with Crippen molar-refractivity contribution in [2.75, 3.05) is 0 Å². The Hall–Kier alpha value is 1.15. The zero-order valence-electron chi connectivity index (χ0n) is 10.1. The lowest BCUT2D eigenvalue weighted by Gasteiger charge is -2.52. The van der Waals surface area contributed by atoms with Crippen LogP contribution in [0.15, 0.2) is 10.1 Å². The van der Waals surface area contributed by atoms with Gasteiger partial charge in [0.1, 0.15) is 15.5 Å². The molecule has 7 heteroatoms. The highest BCUT2D eigenvalue weighted by Crippen LogP contribution is 2.80. The van der Waals surface area contributed by atoms with Crippen LogP contribution in [-0.2, 0) is 4.79 Å². The average molecular weight is 395 g/mol. The molecule has 0 spiro atoms. The quantitative estimate of drug-likeness (QED) is 0.524. The van der Waals surface area contributed by atoms with Crippen molar-refractivity contribution in [3.05, 3.63) is 10.1 Å². The molecule has 5 rings (SSSR count). The van der Waals surface area contributed by atoms with Crippen LogP contribution in [0.3, 0.4) is 0 Å². The smallest absolute Gasteiger partial charge is 0.166 e. The molecular weight excluding hydrogens is 385 g/mol. The topological polar surface area (TPSA) is 17.1 Å². The average Bonchev–Trinajstić information content (AvgIpc) is 2.61. The summed E-state index contributed by atoms with van der Waals surface area (Å²) in [6.07, 6.45) is 2.25. The van der Waals surface area contributed by atoms with E-state index in [9.17, 15) is 4.79 Å². The van der Waals surface area contributed by atoms with Crippen molar-refractivity contribution in [1.82, 2.24) is 0 Å². The van der Waals surface area contributed by atoms with Gasteiger partial charge in [0.05, 0.1) is 10.1 Å². The third kappa shape index (κ3) is 1.21. The van der Waals surface area contributed by atoms with Crippen LogP contribution in [0, 0.1) is 23.7 Å². The standard InChI is InChI=1S/C13H10Cl6O/c14-9-10(15)12(17)8-5-2-1-4(3-6(5)20)7(8)11(9,16)13(12,18)19/h4-5,7-8H,1-3H2/t4-,5+,7+,8-,11+,12-/m1/s1. The van der Waals surface area contributed by atoms with Crippen LogP contribution in [0.1, 0.15) is 19.3 Å². The maximum Gasteiger partial charge on any atom is 0.166 e. The van der Waals surface area contributed by atoms with Gasteiger partial charge in [-0.1, -0.05) is 46.4 Å². The van der Waals surface area contributed by atoms with E-state index < -0.39 is 14.1 Å². The van der Waals surface area contributed by atoms with E-state index >= 15 is 0 Å². The van der Waals surface area contributed by atoms with E-state index in [4.69, 9.17) is 69.6 Å². The van der Waals surface area contributed by atoms with Crippen molar-refractivity contribution in [3.63, 3.8) is 0 Å². The fourth-order valence-corrected chi connectivity index (χ4v) is 8.11. The molecule has 4 fully saturated rings. The second-order valence-electron chi connectivity index (χ2n) is 6.29. The minimum atomic E-state index is -1.50. The molecule has 1 nitrogen and oxygen atoms in total. The summed E-state index contributed by atoms with van der Waals surface area (Å²) in [6.45, 7) is 0. The number of hydrogen-bond acceptors (Lipinski definition) is 1. The van der Waals surface area contributed by atoms with Gasteiger partial charge >= 0.3 is 0 Å². The molecule has 5 aliphatic rings. The van der Waals surface area contributed by atoms with E-state index in [0.29, 0.717) is 6.42 Å². The van der Waals surface area contributed by atoms with Gasteiger partial charge in [0.15, 0.2) is 4.33 Å². The molecule has 110 valence electrons. The molecule has 0 N–H and O–H groups in total.